The Kier molecular flexibility index (Phi) is 6.07. The van der Waals surface area contributed by atoms with Gasteiger partial charge in [-0.1, -0.05) is 56.3 Å². The van der Waals surface area contributed by atoms with Crippen molar-refractivity contribution < 1.29 is 4.79 Å². The minimum Gasteiger partial charge on any atom is -0.343 e. The lowest BCUT2D eigenvalue weighted by Crippen LogP contribution is -2.27. The Labute approximate surface area is 160 Å². The lowest BCUT2D eigenvalue weighted by Gasteiger charge is -2.16. The number of carbonyl (C=O) groups is 1. The van der Waals surface area contributed by atoms with Crippen LogP contribution in [0.25, 0.3) is 17.1 Å². The average molecular weight is 361 g/mol. The van der Waals surface area contributed by atoms with Gasteiger partial charge in [0.05, 0.1) is 17.1 Å². The molecule has 0 fully saturated rings. The van der Waals surface area contributed by atoms with Crippen LogP contribution < -0.4 is 5.32 Å². The summed E-state index contributed by atoms with van der Waals surface area (Å²) >= 11 is 0. The highest BCUT2D eigenvalue weighted by molar-refractivity contribution is 5.92. The Balaban J connectivity index is 1.78. The molecule has 3 rings (SSSR count). The molecule has 4 heteroatoms. The predicted octanol–water partition coefficient (Wildman–Crippen LogP) is 4.97. The van der Waals surface area contributed by atoms with Gasteiger partial charge >= 0.3 is 0 Å². The molecular weight excluding hydrogens is 334 g/mol. The SMILES string of the molecule is CC(C)CCn1c(C(C)NC(=O)C=Cc2ccccc2)nc2ccccc21. The fourth-order valence-electron chi connectivity index (χ4n) is 3.11. The second-order valence-corrected chi connectivity index (χ2v) is 7.27. The van der Waals surface area contributed by atoms with Gasteiger partial charge < -0.3 is 9.88 Å². The average Bonchev–Trinajstić information content (AvgIpc) is 3.04. The molecule has 27 heavy (non-hydrogen) atoms. The largest absolute Gasteiger partial charge is 0.343 e. The van der Waals surface area contributed by atoms with Gasteiger partial charge in [-0.2, -0.15) is 0 Å². The van der Waals surface area contributed by atoms with E-state index >= 15 is 0 Å². The first kappa shape index (κ1) is 18.9. The van der Waals surface area contributed by atoms with Crippen LogP contribution in [-0.2, 0) is 11.3 Å². The summed E-state index contributed by atoms with van der Waals surface area (Å²) in [7, 11) is 0. The molecule has 2 aromatic carbocycles. The summed E-state index contributed by atoms with van der Waals surface area (Å²) in [6.45, 7) is 7.33. The summed E-state index contributed by atoms with van der Waals surface area (Å²) in [5.41, 5.74) is 3.09. The van der Waals surface area contributed by atoms with E-state index in [-0.39, 0.29) is 11.9 Å². The number of para-hydroxylation sites is 2. The predicted molar refractivity (Wildman–Crippen MR) is 111 cm³/mol. The Bertz CT molecular complexity index is 925. The van der Waals surface area contributed by atoms with E-state index in [0.717, 1.165) is 35.4 Å². The Hall–Kier alpha value is -2.88. The first-order valence-electron chi connectivity index (χ1n) is 9.53. The van der Waals surface area contributed by atoms with Crippen LogP contribution >= 0.6 is 0 Å². The molecule has 1 heterocycles. The Morgan fingerprint density at radius 3 is 2.52 bits per heavy atom. The number of amides is 1. The van der Waals surface area contributed by atoms with Crippen LogP contribution in [0.1, 0.15) is 44.6 Å². The number of aromatic nitrogens is 2. The van der Waals surface area contributed by atoms with Crippen molar-refractivity contribution in [1.82, 2.24) is 14.9 Å². The van der Waals surface area contributed by atoms with Gasteiger partial charge in [0.1, 0.15) is 5.82 Å². The number of nitrogens with one attached hydrogen (secondary N) is 1. The van der Waals surface area contributed by atoms with E-state index in [2.05, 4.69) is 29.8 Å². The van der Waals surface area contributed by atoms with Crippen molar-refractivity contribution in [2.45, 2.75) is 39.8 Å². The van der Waals surface area contributed by atoms with Crippen LogP contribution in [0.5, 0.6) is 0 Å². The van der Waals surface area contributed by atoms with Crippen molar-refractivity contribution in [2.24, 2.45) is 5.92 Å². The van der Waals surface area contributed by atoms with Gasteiger partial charge in [-0.05, 0) is 43.0 Å². The molecule has 0 aliphatic heterocycles. The monoisotopic (exact) mass is 361 g/mol. The van der Waals surface area contributed by atoms with Gasteiger partial charge in [-0.25, -0.2) is 4.98 Å². The number of carbonyl (C=O) groups excluding carboxylic acids is 1. The maximum absolute atomic E-state index is 12.4. The van der Waals surface area contributed by atoms with Gasteiger partial charge in [0.2, 0.25) is 5.91 Å². The van der Waals surface area contributed by atoms with Crippen molar-refractivity contribution in [1.29, 1.82) is 0 Å². The zero-order chi connectivity index (χ0) is 19.2. The summed E-state index contributed by atoms with van der Waals surface area (Å²) < 4.78 is 2.24. The molecule has 4 nitrogen and oxygen atoms in total. The van der Waals surface area contributed by atoms with Crippen LogP contribution in [0, 0.1) is 5.92 Å². The fraction of sp³-hybridized carbons (Fsp3) is 0.304. The molecule has 1 N–H and O–H groups in total. The lowest BCUT2D eigenvalue weighted by molar-refractivity contribution is -0.117. The summed E-state index contributed by atoms with van der Waals surface area (Å²) in [4.78, 5) is 17.1. The van der Waals surface area contributed by atoms with Crippen molar-refractivity contribution in [3.05, 3.63) is 72.1 Å². The zero-order valence-electron chi connectivity index (χ0n) is 16.2. The highest BCUT2D eigenvalue weighted by atomic mass is 16.1. The van der Waals surface area contributed by atoms with E-state index in [9.17, 15) is 4.79 Å². The highest BCUT2D eigenvalue weighted by Gasteiger charge is 2.17. The van der Waals surface area contributed by atoms with Crippen molar-refractivity contribution in [3.8, 4) is 0 Å². The Morgan fingerprint density at radius 1 is 1.07 bits per heavy atom. The first-order valence-corrected chi connectivity index (χ1v) is 9.53. The third kappa shape index (κ3) is 4.85. The molecule has 1 aromatic heterocycles. The molecular formula is C23H27N3O. The number of aryl methyl sites for hydroxylation is 1. The number of nitrogens with zero attached hydrogens (tertiary/aromatic N) is 2. The number of benzene rings is 2. The van der Waals surface area contributed by atoms with Crippen molar-refractivity contribution in [2.75, 3.05) is 0 Å². The number of hydrogen-bond acceptors (Lipinski definition) is 2. The van der Waals surface area contributed by atoms with Crippen molar-refractivity contribution >= 4 is 23.0 Å². The van der Waals surface area contributed by atoms with Gasteiger partial charge in [-0.15, -0.1) is 0 Å². The topological polar surface area (TPSA) is 46.9 Å². The van der Waals surface area contributed by atoms with Gasteiger partial charge in [0.15, 0.2) is 0 Å². The molecule has 1 atom stereocenters. The maximum atomic E-state index is 12.4. The molecule has 0 bridgehead atoms. The summed E-state index contributed by atoms with van der Waals surface area (Å²) in [5, 5.41) is 3.05. The van der Waals surface area contributed by atoms with E-state index < -0.39 is 0 Å². The molecule has 0 aliphatic rings. The summed E-state index contributed by atoms with van der Waals surface area (Å²) in [6, 6.07) is 17.8. The normalized spacial score (nSPS) is 12.7. The molecule has 140 valence electrons. The van der Waals surface area contributed by atoms with Crippen molar-refractivity contribution in [3.63, 3.8) is 0 Å². The summed E-state index contributed by atoms with van der Waals surface area (Å²) in [6.07, 6.45) is 4.47. The summed E-state index contributed by atoms with van der Waals surface area (Å²) in [5.74, 6) is 1.39. The smallest absolute Gasteiger partial charge is 0.244 e. The quantitative estimate of drug-likeness (QED) is 0.604. The van der Waals surface area contributed by atoms with E-state index in [1.807, 2.05) is 61.5 Å². The van der Waals surface area contributed by atoms with E-state index in [0.29, 0.717) is 5.92 Å². The van der Waals surface area contributed by atoms with Crippen LogP contribution in [0.2, 0.25) is 0 Å². The Morgan fingerprint density at radius 2 is 1.78 bits per heavy atom. The molecule has 1 unspecified atom stereocenters. The molecule has 0 radical (unpaired) electrons. The standard InChI is InChI=1S/C23H27N3O/c1-17(2)15-16-26-21-12-8-7-11-20(21)25-23(26)18(3)24-22(27)14-13-19-9-5-4-6-10-19/h4-14,17-18H,15-16H2,1-3H3,(H,24,27). The molecule has 0 saturated carbocycles. The second kappa shape index (κ2) is 8.67. The molecule has 0 aliphatic carbocycles. The fourth-order valence-corrected chi connectivity index (χ4v) is 3.11. The van der Waals surface area contributed by atoms with E-state index in [1.165, 1.54) is 0 Å². The number of hydrogen-bond donors (Lipinski definition) is 1. The van der Waals surface area contributed by atoms with Gasteiger partial charge in [0, 0.05) is 12.6 Å². The number of imidazole rings is 1. The lowest BCUT2D eigenvalue weighted by atomic mass is 10.1. The zero-order valence-corrected chi connectivity index (χ0v) is 16.2. The second-order valence-electron chi connectivity index (χ2n) is 7.27. The van der Waals surface area contributed by atoms with E-state index in [4.69, 9.17) is 4.98 Å². The minimum atomic E-state index is -0.169. The van der Waals surface area contributed by atoms with Gasteiger partial charge in [-0.3, -0.25) is 4.79 Å². The van der Waals surface area contributed by atoms with Crippen LogP contribution in [0.4, 0.5) is 0 Å². The van der Waals surface area contributed by atoms with Crippen LogP contribution in [0.15, 0.2) is 60.7 Å². The number of rotatable bonds is 7. The molecule has 3 aromatic rings. The van der Waals surface area contributed by atoms with Gasteiger partial charge in [0.25, 0.3) is 0 Å². The third-order valence-corrected chi connectivity index (χ3v) is 4.59. The maximum Gasteiger partial charge on any atom is 0.244 e. The number of fused-ring (bicyclic) bond motifs is 1. The first-order chi connectivity index (χ1) is 13.0. The third-order valence-electron chi connectivity index (χ3n) is 4.59. The van der Waals surface area contributed by atoms with Crippen LogP contribution in [-0.4, -0.2) is 15.5 Å². The molecule has 0 spiro atoms. The van der Waals surface area contributed by atoms with E-state index in [1.54, 1.807) is 6.08 Å². The van der Waals surface area contributed by atoms with Crippen LogP contribution in [0.3, 0.4) is 0 Å². The molecule has 1 amide bonds. The minimum absolute atomic E-state index is 0.117. The highest BCUT2D eigenvalue weighted by Crippen LogP contribution is 2.22. The molecule has 0 saturated heterocycles.